The summed E-state index contributed by atoms with van der Waals surface area (Å²) in [4.78, 5) is 12.0. The minimum absolute atomic E-state index is 0.0544. The van der Waals surface area contributed by atoms with Gasteiger partial charge >= 0.3 is 0 Å². The lowest BCUT2D eigenvalue weighted by Gasteiger charge is -2.07. The number of nitrogens with two attached hydrogens (primary N) is 1. The molecule has 0 saturated carbocycles. The van der Waals surface area contributed by atoms with Crippen LogP contribution in [0, 0.1) is 0 Å². The van der Waals surface area contributed by atoms with Crippen LogP contribution < -0.4 is 11.1 Å². The van der Waals surface area contributed by atoms with Gasteiger partial charge in [0.1, 0.15) is 0 Å². The highest BCUT2D eigenvalue weighted by molar-refractivity contribution is 9.10. The van der Waals surface area contributed by atoms with Crippen LogP contribution >= 0.6 is 15.9 Å². The molecule has 1 amide bonds. The molecular weight excluding hydrogens is 334 g/mol. The number of amidine groups is 1. The largest absolute Gasteiger partial charge is 0.409 e. The van der Waals surface area contributed by atoms with E-state index < -0.39 is 0 Å². The van der Waals surface area contributed by atoms with Gasteiger partial charge in [0.25, 0.3) is 5.91 Å². The Hall–Kier alpha value is -2.34. The van der Waals surface area contributed by atoms with Crippen molar-refractivity contribution in [2.24, 2.45) is 10.9 Å². The van der Waals surface area contributed by atoms with Crippen LogP contribution in [-0.2, 0) is 6.54 Å². The lowest BCUT2D eigenvalue weighted by Crippen LogP contribution is -2.23. The summed E-state index contributed by atoms with van der Waals surface area (Å²) < 4.78 is 0.754. The van der Waals surface area contributed by atoms with Gasteiger partial charge in [-0.15, -0.1) is 0 Å². The van der Waals surface area contributed by atoms with Gasteiger partial charge in [-0.05, 0) is 33.6 Å². The highest BCUT2D eigenvalue weighted by atomic mass is 79.9. The Morgan fingerprint density at radius 1 is 1.19 bits per heavy atom. The Morgan fingerprint density at radius 2 is 1.86 bits per heavy atom. The van der Waals surface area contributed by atoms with Gasteiger partial charge in [-0.3, -0.25) is 4.79 Å². The number of hydrogen-bond donors (Lipinski definition) is 3. The van der Waals surface area contributed by atoms with E-state index >= 15 is 0 Å². The van der Waals surface area contributed by atoms with E-state index in [1.54, 1.807) is 18.2 Å². The predicted octanol–water partition coefficient (Wildman–Crippen LogP) is 2.47. The summed E-state index contributed by atoms with van der Waals surface area (Å²) in [7, 11) is 0. The molecule has 6 heteroatoms. The van der Waals surface area contributed by atoms with E-state index in [9.17, 15) is 4.79 Å². The molecule has 0 atom stereocenters. The highest BCUT2D eigenvalue weighted by Crippen LogP contribution is 2.15. The van der Waals surface area contributed by atoms with Gasteiger partial charge in [0.15, 0.2) is 5.84 Å². The first-order valence-electron chi connectivity index (χ1n) is 6.21. The van der Waals surface area contributed by atoms with Crippen LogP contribution in [0.15, 0.2) is 58.2 Å². The van der Waals surface area contributed by atoms with Crippen molar-refractivity contribution in [3.63, 3.8) is 0 Å². The predicted molar refractivity (Wildman–Crippen MR) is 84.3 cm³/mol. The van der Waals surface area contributed by atoms with Crippen molar-refractivity contribution in [1.82, 2.24) is 5.32 Å². The normalized spacial score (nSPS) is 11.2. The van der Waals surface area contributed by atoms with E-state index in [0.717, 1.165) is 10.0 Å². The number of oxime groups is 1. The topological polar surface area (TPSA) is 87.7 Å². The average Bonchev–Trinajstić information content (AvgIpc) is 2.52. The van der Waals surface area contributed by atoms with E-state index in [1.165, 1.54) is 0 Å². The molecule has 4 N–H and O–H groups in total. The maximum atomic E-state index is 12.0. The lowest BCUT2D eigenvalue weighted by molar-refractivity contribution is 0.0950. The Balaban J connectivity index is 2.00. The maximum Gasteiger partial charge on any atom is 0.252 e. The van der Waals surface area contributed by atoms with E-state index in [2.05, 4.69) is 26.4 Å². The number of hydrogen-bond acceptors (Lipinski definition) is 3. The SMILES string of the molecule is NC(=NO)c1ccc(CNC(=O)c2ccccc2Br)cc1. The number of benzene rings is 2. The van der Waals surface area contributed by atoms with Crippen molar-refractivity contribution < 1.29 is 10.0 Å². The summed E-state index contributed by atoms with van der Waals surface area (Å²) in [6, 6.07) is 14.3. The van der Waals surface area contributed by atoms with Crippen molar-refractivity contribution >= 4 is 27.7 Å². The number of nitrogens with one attached hydrogen (secondary N) is 1. The minimum atomic E-state index is -0.150. The van der Waals surface area contributed by atoms with Crippen molar-refractivity contribution in [2.45, 2.75) is 6.54 Å². The molecule has 0 spiro atoms. The molecule has 0 aromatic heterocycles. The smallest absolute Gasteiger partial charge is 0.252 e. The number of carbonyl (C=O) groups excluding carboxylic acids is 1. The molecule has 0 radical (unpaired) electrons. The number of carbonyl (C=O) groups is 1. The fourth-order valence-corrected chi connectivity index (χ4v) is 2.24. The van der Waals surface area contributed by atoms with Crippen LogP contribution in [0.5, 0.6) is 0 Å². The van der Waals surface area contributed by atoms with Crippen LogP contribution in [-0.4, -0.2) is 17.0 Å². The Bertz CT molecular complexity index is 669. The molecule has 0 unspecified atom stereocenters. The van der Waals surface area contributed by atoms with Gasteiger partial charge in [-0.1, -0.05) is 41.6 Å². The summed E-state index contributed by atoms with van der Waals surface area (Å²) in [6.45, 7) is 0.399. The molecule has 0 aliphatic rings. The summed E-state index contributed by atoms with van der Waals surface area (Å²) in [5.74, 6) is -0.0956. The molecule has 0 fully saturated rings. The molecule has 2 aromatic carbocycles. The third kappa shape index (κ3) is 3.82. The van der Waals surface area contributed by atoms with Gasteiger partial charge in [0.2, 0.25) is 0 Å². The van der Waals surface area contributed by atoms with Gasteiger partial charge < -0.3 is 16.3 Å². The number of halogens is 1. The minimum Gasteiger partial charge on any atom is -0.409 e. The summed E-state index contributed by atoms with van der Waals surface area (Å²) in [5, 5.41) is 14.4. The van der Waals surface area contributed by atoms with E-state index in [4.69, 9.17) is 10.9 Å². The molecule has 5 nitrogen and oxygen atoms in total. The molecule has 2 rings (SSSR count). The molecule has 108 valence electrons. The third-order valence-corrected chi connectivity index (χ3v) is 3.62. The Kier molecular flexibility index (Phi) is 4.94. The molecule has 0 bridgehead atoms. The van der Waals surface area contributed by atoms with Crippen LogP contribution in [0.2, 0.25) is 0 Å². The zero-order chi connectivity index (χ0) is 15.2. The van der Waals surface area contributed by atoms with E-state index in [1.807, 2.05) is 30.3 Å². The van der Waals surface area contributed by atoms with Crippen LogP contribution in [0.25, 0.3) is 0 Å². The van der Waals surface area contributed by atoms with Crippen LogP contribution in [0.3, 0.4) is 0 Å². The molecule has 2 aromatic rings. The third-order valence-electron chi connectivity index (χ3n) is 2.93. The van der Waals surface area contributed by atoms with Gasteiger partial charge in [0.05, 0.1) is 5.56 Å². The zero-order valence-corrected chi connectivity index (χ0v) is 12.7. The molecule has 21 heavy (non-hydrogen) atoms. The van der Waals surface area contributed by atoms with Gasteiger partial charge in [-0.25, -0.2) is 0 Å². The lowest BCUT2D eigenvalue weighted by atomic mass is 10.1. The Morgan fingerprint density at radius 3 is 2.48 bits per heavy atom. The molecular formula is C15H14BrN3O2. The van der Waals surface area contributed by atoms with Gasteiger partial charge in [0, 0.05) is 16.6 Å². The van der Waals surface area contributed by atoms with Crippen molar-refractivity contribution in [1.29, 1.82) is 0 Å². The molecule has 0 saturated heterocycles. The van der Waals surface area contributed by atoms with E-state index in [0.29, 0.717) is 17.7 Å². The van der Waals surface area contributed by atoms with Crippen molar-refractivity contribution in [2.75, 3.05) is 0 Å². The van der Waals surface area contributed by atoms with E-state index in [-0.39, 0.29) is 11.7 Å². The fourth-order valence-electron chi connectivity index (χ4n) is 1.77. The molecule has 0 aliphatic heterocycles. The first kappa shape index (κ1) is 15.1. The number of nitrogens with zero attached hydrogens (tertiary/aromatic N) is 1. The van der Waals surface area contributed by atoms with Gasteiger partial charge in [-0.2, -0.15) is 0 Å². The molecule has 0 aliphatic carbocycles. The van der Waals surface area contributed by atoms with Crippen molar-refractivity contribution in [3.8, 4) is 0 Å². The number of amides is 1. The zero-order valence-electron chi connectivity index (χ0n) is 11.1. The quantitative estimate of drug-likeness (QED) is 0.343. The second-order valence-corrected chi connectivity index (χ2v) is 5.20. The molecule has 0 heterocycles. The average molecular weight is 348 g/mol. The van der Waals surface area contributed by atoms with Crippen LogP contribution in [0.1, 0.15) is 21.5 Å². The summed E-state index contributed by atoms with van der Waals surface area (Å²) in [6.07, 6.45) is 0. The second kappa shape index (κ2) is 6.90. The Labute approximate surface area is 130 Å². The first-order chi connectivity index (χ1) is 10.1. The monoisotopic (exact) mass is 347 g/mol. The highest BCUT2D eigenvalue weighted by Gasteiger charge is 2.08. The van der Waals surface area contributed by atoms with Crippen molar-refractivity contribution in [3.05, 3.63) is 69.7 Å². The first-order valence-corrected chi connectivity index (χ1v) is 7.00. The maximum absolute atomic E-state index is 12.0. The summed E-state index contributed by atoms with van der Waals surface area (Å²) >= 11 is 3.34. The number of rotatable bonds is 4. The fraction of sp³-hybridized carbons (Fsp3) is 0.0667. The van der Waals surface area contributed by atoms with Crippen LogP contribution in [0.4, 0.5) is 0 Å². The standard InChI is InChI=1S/C15H14BrN3O2/c16-13-4-2-1-3-12(13)15(20)18-9-10-5-7-11(8-6-10)14(17)19-21/h1-8,21H,9H2,(H2,17,19)(H,18,20). The second-order valence-electron chi connectivity index (χ2n) is 4.34. The summed E-state index contributed by atoms with van der Waals surface area (Å²) in [5.41, 5.74) is 7.62.